The molecular weight excluding hydrogens is 980 g/mol. The molecule has 0 N–H and O–H groups in total. The molecule has 6 rings (SSSR count). The van der Waals surface area contributed by atoms with Crippen molar-refractivity contribution >= 4 is 11.4 Å². The molecule has 0 fully saturated rings. The van der Waals surface area contributed by atoms with Crippen LogP contribution in [0.2, 0.25) is 0 Å². The van der Waals surface area contributed by atoms with Crippen molar-refractivity contribution < 1.29 is 31.8 Å². The molecule has 6 aromatic carbocycles. The van der Waals surface area contributed by atoms with E-state index in [1.54, 1.807) is 0 Å². The summed E-state index contributed by atoms with van der Waals surface area (Å²) in [6.07, 6.45) is 0. The smallest absolute Gasteiger partial charge is 0.258 e. The van der Waals surface area contributed by atoms with E-state index in [2.05, 4.69) is 207 Å². The number of halogens is 5. The van der Waals surface area contributed by atoms with Crippen LogP contribution in [0.1, 0.15) is 197 Å². The second kappa shape index (κ2) is 30.6. The van der Waals surface area contributed by atoms with Gasteiger partial charge in [-0.3, -0.25) is 20.2 Å². The predicted molar refractivity (Wildman–Crippen MR) is 318 cm³/mol. The van der Waals surface area contributed by atoms with Gasteiger partial charge in [0.15, 0.2) is 23.3 Å². The molecule has 0 radical (unpaired) electrons. The molecule has 428 valence electrons. The van der Waals surface area contributed by atoms with E-state index in [1.165, 1.54) is 71.8 Å². The summed E-state index contributed by atoms with van der Waals surface area (Å²) in [6.45, 7) is 42.7. The highest BCUT2D eigenvalue weighted by atomic mass is 19.2. The van der Waals surface area contributed by atoms with Gasteiger partial charge < -0.3 is 0 Å². The van der Waals surface area contributed by atoms with E-state index in [0.717, 1.165) is 6.07 Å². The van der Waals surface area contributed by atoms with Gasteiger partial charge in [-0.15, -0.1) is 0 Å². The standard InChI is InChI=1S/3C11H16.C10H9F5.C10H12N2O4.C10H14.3CH4/c3*1-9-5-7-10(8-6-9)11(2,3)4;1-10(2,3)4-5(11)7(13)9(15)8(14)6(4)12;1-10(2,3)8-5-4-7(11(13)14)6-9(8)12(15)16;1-10(2,3)9-7-5-4-6-8-9;;;/h3*5-8H,1-4H3;1-3H3;4-6H,1-3H3;4-8H,1-3H3;3*1H4. The van der Waals surface area contributed by atoms with Crippen LogP contribution in [0.25, 0.3) is 0 Å². The van der Waals surface area contributed by atoms with Crippen LogP contribution in [0.15, 0.2) is 121 Å². The largest absolute Gasteiger partial charge is 0.279 e. The number of hydrogen-bond acceptors (Lipinski definition) is 4. The second-order valence-corrected chi connectivity index (χ2v) is 24.6. The van der Waals surface area contributed by atoms with E-state index in [4.69, 9.17) is 0 Å². The summed E-state index contributed by atoms with van der Waals surface area (Å²) in [4.78, 5) is 20.1. The van der Waals surface area contributed by atoms with Gasteiger partial charge in [-0.25, -0.2) is 22.0 Å². The normalized spacial score (nSPS) is 11.1. The molecule has 0 spiro atoms. The Morgan fingerprint density at radius 1 is 0.338 bits per heavy atom. The molecule has 6 aromatic rings. The minimum Gasteiger partial charge on any atom is -0.258 e. The fourth-order valence-corrected chi connectivity index (χ4v) is 6.78. The Morgan fingerprint density at radius 3 is 0.831 bits per heavy atom. The minimum atomic E-state index is -2.13. The van der Waals surface area contributed by atoms with Crippen molar-refractivity contribution in [1.29, 1.82) is 0 Å². The van der Waals surface area contributed by atoms with Crippen molar-refractivity contribution in [2.45, 2.75) is 200 Å². The first-order chi connectivity index (χ1) is 33.5. The van der Waals surface area contributed by atoms with Gasteiger partial charge >= 0.3 is 0 Å². The van der Waals surface area contributed by atoms with Gasteiger partial charge in [0.1, 0.15) is 0 Å². The SMILES string of the molecule is C.C.C.CC(C)(C)c1c(F)c(F)c(F)c(F)c1F.CC(C)(C)c1ccc([N+](=O)[O-])cc1[N+](=O)[O-].CC(C)(C)c1ccccc1.Cc1ccc(C(C)(C)C)cc1.Cc1ccc(C(C)(C)C)cc1.Cc1ccc(C(C)(C)C)cc1. The summed E-state index contributed by atoms with van der Waals surface area (Å²) in [6, 6.07) is 40.5. The third-order valence-electron chi connectivity index (χ3n) is 11.5. The maximum absolute atomic E-state index is 13.2. The molecule has 0 heterocycles. The van der Waals surface area contributed by atoms with Crippen molar-refractivity contribution in [2.24, 2.45) is 0 Å². The van der Waals surface area contributed by atoms with E-state index in [1.807, 2.05) is 20.8 Å². The van der Waals surface area contributed by atoms with Gasteiger partial charge in [-0.1, -0.05) is 267 Å². The Morgan fingerprint density at radius 2 is 0.610 bits per heavy atom. The van der Waals surface area contributed by atoms with Gasteiger partial charge in [0, 0.05) is 17.2 Å². The number of hydrogen-bond donors (Lipinski definition) is 0. The molecule has 0 unspecified atom stereocenters. The monoisotopic (exact) mass is 1070 g/mol. The third kappa shape index (κ3) is 25.2. The van der Waals surface area contributed by atoms with E-state index in [9.17, 15) is 42.2 Å². The Hall–Kier alpha value is -6.23. The summed E-state index contributed by atoms with van der Waals surface area (Å²) >= 11 is 0. The molecule has 0 aliphatic carbocycles. The second-order valence-electron chi connectivity index (χ2n) is 24.6. The van der Waals surface area contributed by atoms with Crippen LogP contribution in [0.4, 0.5) is 33.3 Å². The number of nitrogens with zero attached hydrogens (tertiary/aromatic N) is 2. The Kier molecular flexibility index (Phi) is 29.8. The zero-order valence-corrected chi connectivity index (χ0v) is 48.0. The van der Waals surface area contributed by atoms with E-state index >= 15 is 0 Å². The topological polar surface area (TPSA) is 86.3 Å². The summed E-state index contributed by atoms with van der Waals surface area (Å²) in [5.41, 5.74) is 8.42. The Balaban J connectivity index is -0.000000854. The zero-order valence-electron chi connectivity index (χ0n) is 48.0. The summed E-state index contributed by atoms with van der Waals surface area (Å²) < 4.78 is 64.6. The molecule has 0 amide bonds. The van der Waals surface area contributed by atoms with Crippen molar-refractivity contribution in [3.63, 3.8) is 0 Å². The van der Waals surface area contributed by atoms with Gasteiger partial charge in [-0.2, -0.15) is 0 Å². The highest BCUT2D eigenvalue weighted by Crippen LogP contribution is 2.35. The van der Waals surface area contributed by atoms with Crippen LogP contribution in [-0.4, -0.2) is 9.85 Å². The molecule has 77 heavy (non-hydrogen) atoms. The maximum atomic E-state index is 13.2. The Labute approximate surface area is 462 Å². The van der Waals surface area contributed by atoms with Gasteiger partial charge in [0.25, 0.3) is 11.4 Å². The lowest BCUT2D eigenvalue weighted by Crippen LogP contribution is -2.20. The van der Waals surface area contributed by atoms with Crippen LogP contribution < -0.4 is 0 Å². The lowest BCUT2D eigenvalue weighted by molar-refractivity contribution is -0.394. The van der Waals surface area contributed by atoms with E-state index in [-0.39, 0.29) is 49.9 Å². The van der Waals surface area contributed by atoms with Crippen molar-refractivity contribution in [3.8, 4) is 0 Å². The molecule has 0 saturated heterocycles. The molecular formula is C66H95F5N2O4. The molecule has 6 nitrogen and oxygen atoms in total. The fourth-order valence-electron chi connectivity index (χ4n) is 6.78. The number of benzene rings is 6. The summed E-state index contributed by atoms with van der Waals surface area (Å²) in [5.74, 6) is -9.46. The minimum absolute atomic E-state index is 0. The first kappa shape index (κ1) is 75.0. The number of nitro benzene ring substituents is 2. The average molecular weight is 1080 g/mol. The maximum Gasteiger partial charge on any atom is 0.279 e. The van der Waals surface area contributed by atoms with Crippen molar-refractivity contribution in [2.75, 3.05) is 0 Å². The lowest BCUT2D eigenvalue weighted by atomic mass is 9.86. The number of aryl methyl sites for hydroxylation is 3. The summed E-state index contributed by atoms with van der Waals surface area (Å²) in [5, 5.41) is 21.3. The highest BCUT2D eigenvalue weighted by molar-refractivity contribution is 5.51. The van der Waals surface area contributed by atoms with Crippen LogP contribution in [0.5, 0.6) is 0 Å². The number of nitro groups is 2. The molecule has 0 bridgehead atoms. The van der Waals surface area contributed by atoms with Crippen LogP contribution in [0.3, 0.4) is 0 Å². The molecule has 0 aliphatic rings. The van der Waals surface area contributed by atoms with Crippen LogP contribution >= 0.6 is 0 Å². The quantitative estimate of drug-likeness (QED) is 0.0568. The van der Waals surface area contributed by atoms with E-state index < -0.39 is 55.3 Å². The molecule has 0 aromatic heterocycles. The van der Waals surface area contributed by atoms with Gasteiger partial charge in [0.05, 0.1) is 15.9 Å². The first-order valence-corrected chi connectivity index (χ1v) is 24.7. The van der Waals surface area contributed by atoms with Crippen LogP contribution in [0, 0.1) is 70.1 Å². The molecule has 0 saturated carbocycles. The number of non-ortho nitro benzene ring substituents is 1. The van der Waals surface area contributed by atoms with E-state index in [0.29, 0.717) is 11.0 Å². The average Bonchev–Trinajstić information content (AvgIpc) is 3.27. The first-order valence-electron chi connectivity index (χ1n) is 24.7. The van der Waals surface area contributed by atoms with Gasteiger partial charge in [-0.05, 0) is 81.6 Å². The molecule has 0 atom stereocenters. The summed E-state index contributed by atoms with van der Waals surface area (Å²) in [7, 11) is 0. The predicted octanol–water partition coefficient (Wildman–Crippen LogP) is 21.3. The Bertz CT molecular complexity index is 2550. The number of rotatable bonds is 2. The van der Waals surface area contributed by atoms with Gasteiger partial charge in [0.2, 0.25) is 5.82 Å². The fraction of sp³-hybridized carbons (Fsp3) is 0.455. The highest BCUT2D eigenvalue weighted by Gasteiger charge is 2.32. The lowest BCUT2D eigenvalue weighted by Gasteiger charge is -2.21. The molecule has 11 heteroatoms. The van der Waals surface area contributed by atoms with Crippen molar-refractivity contribution in [3.05, 3.63) is 221 Å². The van der Waals surface area contributed by atoms with Crippen molar-refractivity contribution in [1.82, 2.24) is 0 Å². The third-order valence-corrected chi connectivity index (χ3v) is 11.5. The zero-order chi connectivity index (χ0) is 57.5. The molecule has 0 aliphatic heterocycles. The van der Waals surface area contributed by atoms with Crippen LogP contribution in [-0.2, 0) is 32.5 Å².